The molecule has 0 radical (unpaired) electrons. The van der Waals surface area contributed by atoms with Crippen LogP contribution in [0.1, 0.15) is 15.9 Å². The number of carbonyl (C=O) groups is 1. The summed E-state index contributed by atoms with van der Waals surface area (Å²) >= 11 is 0. The third-order valence-corrected chi connectivity index (χ3v) is 6.29. The Labute approximate surface area is 173 Å². The van der Waals surface area contributed by atoms with Gasteiger partial charge in [-0.25, -0.2) is 8.42 Å². The molecule has 1 heterocycles. The van der Waals surface area contributed by atoms with Crippen molar-refractivity contribution >= 4 is 27.3 Å². The van der Waals surface area contributed by atoms with Crippen LogP contribution < -0.4 is 9.21 Å². The second kappa shape index (κ2) is 8.17. The third kappa shape index (κ3) is 4.86. The first-order chi connectivity index (χ1) is 14.0. The zero-order valence-electron chi connectivity index (χ0n) is 16.6. The van der Waals surface area contributed by atoms with Gasteiger partial charge in [-0.05, 0) is 42.5 Å². The molecule has 1 aliphatic rings. The number of hydrogen-bond acceptors (Lipinski definition) is 4. The van der Waals surface area contributed by atoms with Crippen molar-refractivity contribution in [1.29, 1.82) is 0 Å². The standard InChI is InChI=1S/C20H22F3N3O3S/c1-24(30(2,28)29)17-8-6-15(7-9-17)19(27)26-12-10-25(11-13-26)18-5-3-4-16(14-18)20(21,22)23/h3-9,14H,10-13H2,1-2H3. The molecule has 30 heavy (non-hydrogen) atoms. The van der Waals surface area contributed by atoms with E-state index in [0.717, 1.165) is 22.7 Å². The molecule has 0 N–H and O–H groups in total. The minimum atomic E-state index is -4.40. The lowest BCUT2D eigenvalue weighted by molar-refractivity contribution is -0.137. The van der Waals surface area contributed by atoms with Crippen molar-refractivity contribution in [1.82, 2.24) is 4.90 Å². The minimum absolute atomic E-state index is 0.202. The van der Waals surface area contributed by atoms with Crippen molar-refractivity contribution in [2.75, 3.05) is 48.7 Å². The molecule has 10 heteroatoms. The highest BCUT2D eigenvalue weighted by atomic mass is 32.2. The number of sulfonamides is 1. The normalized spacial score (nSPS) is 15.2. The molecule has 2 aromatic rings. The second-order valence-electron chi connectivity index (χ2n) is 7.10. The van der Waals surface area contributed by atoms with Gasteiger partial charge in [0.15, 0.2) is 0 Å². The second-order valence-corrected chi connectivity index (χ2v) is 9.12. The summed E-state index contributed by atoms with van der Waals surface area (Å²) in [4.78, 5) is 16.2. The summed E-state index contributed by atoms with van der Waals surface area (Å²) < 4.78 is 63.1. The van der Waals surface area contributed by atoms with Crippen molar-refractivity contribution in [3.63, 3.8) is 0 Å². The number of benzene rings is 2. The topological polar surface area (TPSA) is 60.9 Å². The van der Waals surface area contributed by atoms with Crippen molar-refractivity contribution in [2.45, 2.75) is 6.18 Å². The van der Waals surface area contributed by atoms with Crippen LogP contribution in [0.15, 0.2) is 48.5 Å². The van der Waals surface area contributed by atoms with Crippen LogP contribution in [0.3, 0.4) is 0 Å². The highest BCUT2D eigenvalue weighted by molar-refractivity contribution is 7.92. The van der Waals surface area contributed by atoms with E-state index < -0.39 is 21.8 Å². The molecule has 1 fully saturated rings. The van der Waals surface area contributed by atoms with E-state index in [1.165, 1.54) is 13.1 Å². The van der Waals surface area contributed by atoms with Crippen LogP contribution in [0.25, 0.3) is 0 Å². The summed E-state index contributed by atoms with van der Waals surface area (Å²) in [7, 11) is -1.96. The van der Waals surface area contributed by atoms with E-state index >= 15 is 0 Å². The van der Waals surface area contributed by atoms with E-state index in [-0.39, 0.29) is 5.91 Å². The van der Waals surface area contributed by atoms with E-state index in [0.29, 0.717) is 43.1 Å². The van der Waals surface area contributed by atoms with Crippen LogP contribution in [-0.2, 0) is 16.2 Å². The molecular formula is C20H22F3N3O3S. The molecular weight excluding hydrogens is 419 g/mol. The zero-order valence-corrected chi connectivity index (χ0v) is 17.4. The van der Waals surface area contributed by atoms with Crippen molar-refractivity contribution in [2.24, 2.45) is 0 Å². The summed E-state index contributed by atoms with van der Waals surface area (Å²) in [5.41, 5.74) is 0.652. The maximum absolute atomic E-state index is 12.9. The third-order valence-electron chi connectivity index (χ3n) is 5.08. The molecule has 0 bridgehead atoms. The number of hydrogen-bond donors (Lipinski definition) is 0. The molecule has 0 saturated carbocycles. The molecule has 0 unspecified atom stereocenters. The first-order valence-corrected chi connectivity index (χ1v) is 11.1. The fourth-order valence-corrected chi connectivity index (χ4v) is 3.74. The SMILES string of the molecule is CN(c1ccc(C(=O)N2CCN(c3cccc(C(F)(F)F)c3)CC2)cc1)S(C)(=O)=O. The molecule has 162 valence electrons. The van der Waals surface area contributed by atoms with E-state index in [1.807, 2.05) is 4.90 Å². The van der Waals surface area contributed by atoms with E-state index in [4.69, 9.17) is 0 Å². The number of halogens is 3. The largest absolute Gasteiger partial charge is 0.416 e. The average Bonchev–Trinajstić information content (AvgIpc) is 2.72. The van der Waals surface area contributed by atoms with Crippen LogP contribution in [0, 0.1) is 0 Å². The molecule has 0 aliphatic carbocycles. The Bertz CT molecular complexity index is 1020. The molecule has 1 amide bonds. The Morgan fingerprint density at radius 1 is 1.00 bits per heavy atom. The summed E-state index contributed by atoms with van der Waals surface area (Å²) in [5.74, 6) is -0.202. The number of anilines is 2. The first-order valence-electron chi connectivity index (χ1n) is 9.22. The average molecular weight is 441 g/mol. The van der Waals surface area contributed by atoms with Crippen molar-refractivity contribution in [3.8, 4) is 0 Å². The molecule has 0 atom stereocenters. The summed E-state index contributed by atoms with van der Waals surface area (Å²) in [5, 5.41) is 0. The van der Waals surface area contributed by atoms with Gasteiger partial charge in [0.1, 0.15) is 0 Å². The fourth-order valence-electron chi connectivity index (χ4n) is 3.23. The van der Waals surface area contributed by atoms with Crippen LogP contribution in [0.5, 0.6) is 0 Å². The van der Waals surface area contributed by atoms with Crippen LogP contribution in [0.2, 0.25) is 0 Å². The number of amides is 1. The fraction of sp³-hybridized carbons (Fsp3) is 0.350. The predicted octanol–water partition coefficient (Wildman–Crippen LogP) is 3.06. The van der Waals surface area contributed by atoms with Gasteiger partial charge < -0.3 is 9.80 Å². The van der Waals surface area contributed by atoms with Gasteiger partial charge in [-0.15, -0.1) is 0 Å². The van der Waals surface area contributed by atoms with Crippen molar-refractivity contribution < 1.29 is 26.4 Å². The highest BCUT2D eigenvalue weighted by Crippen LogP contribution is 2.32. The van der Waals surface area contributed by atoms with Gasteiger partial charge in [0.05, 0.1) is 17.5 Å². The van der Waals surface area contributed by atoms with Crippen molar-refractivity contribution in [3.05, 3.63) is 59.7 Å². The molecule has 0 aromatic heterocycles. The molecule has 1 aliphatic heterocycles. The van der Waals surface area contributed by atoms with E-state index in [1.54, 1.807) is 35.2 Å². The Kier molecular flexibility index (Phi) is 5.98. The van der Waals surface area contributed by atoms with E-state index in [9.17, 15) is 26.4 Å². The van der Waals surface area contributed by atoms with Gasteiger partial charge in [-0.3, -0.25) is 9.10 Å². The van der Waals surface area contributed by atoms with Gasteiger partial charge in [-0.2, -0.15) is 13.2 Å². The molecule has 0 spiro atoms. The van der Waals surface area contributed by atoms with Crippen LogP contribution in [-0.4, -0.2) is 58.7 Å². The maximum atomic E-state index is 12.9. The van der Waals surface area contributed by atoms with Gasteiger partial charge in [0, 0.05) is 44.5 Å². The summed E-state index contributed by atoms with van der Waals surface area (Å²) in [6.07, 6.45) is -3.30. The number of nitrogens with zero attached hydrogens (tertiary/aromatic N) is 3. The Morgan fingerprint density at radius 2 is 1.60 bits per heavy atom. The number of rotatable bonds is 4. The Hall–Kier alpha value is -2.75. The number of carbonyl (C=O) groups excluding carboxylic acids is 1. The number of alkyl halides is 3. The lowest BCUT2D eigenvalue weighted by Gasteiger charge is -2.36. The summed E-state index contributed by atoms with van der Waals surface area (Å²) in [6, 6.07) is 11.4. The lowest BCUT2D eigenvalue weighted by atomic mass is 10.1. The Balaban J connectivity index is 1.65. The van der Waals surface area contributed by atoms with Crippen LogP contribution in [0.4, 0.5) is 24.5 Å². The van der Waals surface area contributed by atoms with Gasteiger partial charge >= 0.3 is 6.18 Å². The van der Waals surface area contributed by atoms with Gasteiger partial charge in [0.25, 0.3) is 5.91 Å². The van der Waals surface area contributed by atoms with Gasteiger partial charge in [-0.1, -0.05) is 6.07 Å². The summed E-state index contributed by atoms with van der Waals surface area (Å²) in [6.45, 7) is 1.59. The molecule has 6 nitrogen and oxygen atoms in total. The van der Waals surface area contributed by atoms with E-state index in [2.05, 4.69) is 0 Å². The van der Waals surface area contributed by atoms with Crippen LogP contribution >= 0.6 is 0 Å². The first kappa shape index (κ1) is 21.9. The molecule has 2 aromatic carbocycles. The maximum Gasteiger partial charge on any atom is 0.416 e. The number of piperazine rings is 1. The smallest absolute Gasteiger partial charge is 0.368 e. The zero-order chi connectivity index (χ0) is 22.1. The molecule has 3 rings (SSSR count). The van der Waals surface area contributed by atoms with Gasteiger partial charge in [0.2, 0.25) is 10.0 Å². The molecule has 1 saturated heterocycles. The lowest BCUT2D eigenvalue weighted by Crippen LogP contribution is -2.48. The highest BCUT2D eigenvalue weighted by Gasteiger charge is 2.31. The quantitative estimate of drug-likeness (QED) is 0.732. The predicted molar refractivity (Wildman–Crippen MR) is 109 cm³/mol. The monoisotopic (exact) mass is 441 g/mol. The minimum Gasteiger partial charge on any atom is -0.368 e. The Morgan fingerprint density at radius 3 is 2.13 bits per heavy atom.